The van der Waals surface area contributed by atoms with E-state index in [0.29, 0.717) is 22.1 Å². The van der Waals surface area contributed by atoms with Crippen molar-refractivity contribution in [2.75, 3.05) is 11.5 Å². The molecule has 0 unspecified atom stereocenters. The van der Waals surface area contributed by atoms with Crippen LogP contribution in [0.2, 0.25) is 0 Å². The van der Waals surface area contributed by atoms with Crippen LogP contribution in [0.5, 0.6) is 0 Å². The molecule has 4 aromatic rings. The monoisotopic (exact) mass is 392 g/mol. The second-order valence-corrected chi connectivity index (χ2v) is 6.01. The largest absolute Gasteiger partial charge is 0.477 e. The van der Waals surface area contributed by atoms with Gasteiger partial charge in [-0.3, -0.25) is 4.79 Å². The van der Waals surface area contributed by atoms with E-state index in [1.807, 2.05) is 6.07 Å². The van der Waals surface area contributed by atoms with Crippen LogP contribution in [0.4, 0.5) is 11.4 Å². The van der Waals surface area contributed by atoms with E-state index < -0.39 is 17.4 Å². The standard InChI is InChI=1S/C10H8N2O3.C10H8N2O2/c11-7-8(10(14)15)12-6-4-2-1-3-5(6)9(7)13;11-7-3-1-2-6-4-5-8(10(13)14)12-9(6)7/h1-4H,11H2,(H,12,13)(H,14,15);1-5H,11H2,(H,13,14). The zero-order chi connectivity index (χ0) is 21.1. The lowest BCUT2D eigenvalue weighted by molar-refractivity contribution is 0.0681. The zero-order valence-corrected chi connectivity index (χ0v) is 14.9. The van der Waals surface area contributed by atoms with Crippen molar-refractivity contribution in [1.82, 2.24) is 9.97 Å². The molecule has 0 amide bonds. The molecular formula is C20H16N4O5. The van der Waals surface area contributed by atoms with E-state index >= 15 is 0 Å². The van der Waals surface area contributed by atoms with E-state index in [9.17, 15) is 14.4 Å². The number of nitrogens with two attached hydrogens (primary N) is 2. The molecule has 0 saturated carbocycles. The van der Waals surface area contributed by atoms with Crippen LogP contribution in [-0.2, 0) is 0 Å². The van der Waals surface area contributed by atoms with Gasteiger partial charge >= 0.3 is 11.9 Å². The summed E-state index contributed by atoms with van der Waals surface area (Å²) in [4.78, 5) is 39.6. The first-order valence-corrected chi connectivity index (χ1v) is 8.32. The number of nitrogens with one attached hydrogen (secondary N) is 1. The van der Waals surface area contributed by atoms with Crippen LogP contribution in [0.1, 0.15) is 21.0 Å². The number of carboxylic acids is 2. The Labute approximate surface area is 163 Å². The fraction of sp³-hybridized carbons (Fsp3) is 0. The topological polar surface area (TPSA) is 172 Å². The average Bonchev–Trinajstić information content (AvgIpc) is 2.71. The number of H-pyrrole nitrogens is 1. The van der Waals surface area contributed by atoms with Crippen molar-refractivity contribution in [3.05, 3.63) is 76.2 Å². The van der Waals surface area contributed by atoms with Crippen LogP contribution < -0.4 is 16.9 Å². The van der Waals surface area contributed by atoms with Crippen LogP contribution >= 0.6 is 0 Å². The molecule has 0 aliphatic heterocycles. The number of fused-ring (bicyclic) bond motifs is 2. The minimum atomic E-state index is -1.24. The molecule has 146 valence electrons. The number of aromatic amines is 1. The first-order valence-electron chi connectivity index (χ1n) is 8.32. The Bertz CT molecular complexity index is 1310. The third-order valence-corrected chi connectivity index (χ3v) is 4.13. The van der Waals surface area contributed by atoms with Crippen LogP contribution in [0.3, 0.4) is 0 Å². The van der Waals surface area contributed by atoms with Crippen molar-refractivity contribution in [3.63, 3.8) is 0 Å². The maximum atomic E-state index is 11.6. The third-order valence-electron chi connectivity index (χ3n) is 4.13. The molecule has 2 aromatic heterocycles. The molecule has 29 heavy (non-hydrogen) atoms. The molecule has 7 N–H and O–H groups in total. The summed E-state index contributed by atoms with van der Waals surface area (Å²) in [5, 5.41) is 18.8. The number of pyridine rings is 2. The molecule has 0 fully saturated rings. The smallest absolute Gasteiger partial charge is 0.354 e. The summed E-state index contributed by atoms with van der Waals surface area (Å²) < 4.78 is 0. The van der Waals surface area contributed by atoms with E-state index in [1.165, 1.54) is 6.07 Å². The molecule has 0 spiro atoms. The fourth-order valence-corrected chi connectivity index (χ4v) is 2.71. The quantitative estimate of drug-likeness (QED) is 0.323. The van der Waals surface area contributed by atoms with E-state index in [0.717, 1.165) is 5.39 Å². The van der Waals surface area contributed by atoms with E-state index in [4.69, 9.17) is 21.7 Å². The summed E-state index contributed by atoms with van der Waals surface area (Å²) in [5.41, 5.74) is 11.6. The number of hydrogen-bond donors (Lipinski definition) is 5. The maximum absolute atomic E-state index is 11.6. The molecule has 9 nitrogen and oxygen atoms in total. The fourth-order valence-electron chi connectivity index (χ4n) is 2.71. The maximum Gasteiger partial charge on any atom is 0.354 e. The van der Waals surface area contributed by atoms with Crippen molar-refractivity contribution in [1.29, 1.82) is 0 Å². The van der Waals surface area contributed by atoms with E-state index in [-0.39, 0.29) is 17.1 Å². The molecular weight excluding hydrogens is 376 g/mol. The molecule has 0 radical (unpaired) electrons. The third kappa shape index (κ3) is 3.83. The first kappa shape index (κ1) is 19.4. The number of aromatic carboxylic acids is 2. The van der Waals surface area contributed by atoms with Gasteiger partial charge in [-0.05, 0) is 24.3 Å². The minimum absolute atomic E-state index is 0.00963. The van der Waals surface area contributed by atoms with Gasteiger partial charge in [-0.1, -0.05) is 30.3 Å². The van der Waals surface area contributed by atoms with Crippen molar-refractivity contribution < 1.29 is 19.8 Å². The number of hydrogen-bond acceptors (Lipinski definition) is 6. The van der Waals surface area contributed by atoms with Gasteiger partial charge in [0.05, 0.1) is 16.7 Å². The first-order chi connectivity index (χ1) is 13.8. The SMILES string of the molecule is Nc1c(C(=O)O)[nH]c2ccccc2c1=O.Nc1cccc2ccc(C(=O)O)nc12. The number of aromatic nitrogens is 2. The van der Waals surface area contributed by atoms with Gasteiger partial charge in [-0.15, -0.1) is 0 Å². The predicted molar refractivity (Wildman–Crippen MR) is 109 cm³/mol. The lowest BCUT2D eigenvalue weighted by Crippen LogP contribution is -2.16. The molecule has 9 heteroatoms. The normalized spacial score (nSPS) is 10.3. The van der Waals surface area contributed by atoms with E-state index in [2.05, 4.69) is 9.97 Å². The molecule has 0 saturated heterocycles. The Balaban J connectivity index is 0.000000166. The number of rotatable bonds is 2. The Morgan fingerprint density at radius 1 is 0.897 bits per heavy atom. The molecule has 2 heterocycles. The van der Waals surface area contributed by atoms with Gasteiger partial charge in [0, 0.05) is 10.8 Å². The van der Waals surface area contributed by atoms with Crippen molar-refractivity contribution in [2.45, 2.75) is 0 Å². The molecule has 4 rings (SSSR count). The molecule has 2 aromatic carbocycles. The van der Waals surface area contributed by atoms with Gasteiger partial charge in [0.25, 0.3) is 0 Å². The minimum Gasteiger partial charge on any atom is -0.477 e. The Morgan fingerprint density at radius 3 is 2.31 bits per heavy atom. The second-order valence-electron chi connectivity index (χ2n) is 6.01. The summed E-state index contributed by atoms with van der Waals surface area (Å²) in [6.45, 7) is 0. The lowest BCUT2D eigenvalue weighted by Gasteiger charge is -2.03. The predicted octanol–water partition coefficient (Wildman–Crippen LogP) is 2.32. The average molecular weight is 392 g/mol. The van der Waals surface area contributed by atoms with Crippen LogP contribution in [0, 0.1) is 0 Å². The highest BCUT2D eigenvalue weighted by Gasteiger charge is 2.13. The van der Waals surface area contributed by atoms with Crippen LogP contribution in [-0.4, -0.2) is 32.1 Å². The van der Waals surface area contributed by atoms with Gasteiger partial charge in [0.2, 0.25) is 5.43 Å². The highest BCUT2D eigenvalue weighted by Crippen LogP contribution is 2.18. The van der Waals surface area contributed by atoms with Gasteiger partial charge in [-0.25, -0.2) is 14.6 Å². The number of nitrogen functional groups attached to an aromatic ring is 2. The number of para-hydroxylation sites is 2. The molecule has 0 atom stereocenters. The van der Waals surface area contributed by atoms with Crippen LogP contribution in [0.15, 0.2) is 59.4 Å². The highest BCUT2D eigenvalue weighted by atomic mass is 16.4. The molecule has 0 aliphatic rings. The summed E-state index contributed by atoms with van der Waals surface area (Å²) in [7, 11) is 0. The van der Waals surface area contributed by atoms with Crippen LogP contribution in [0.25, 0.3) is 21.8 Å². The van der Waals surface area contributed by atoms with Crippen molar-refractivity contribution in [2.24, 2.45) is 0 Å². The van der Waals surface area contributed by atoms with E-state index in [1.54, 1.807) is 42.5 Å². The van der Waals surface area contributed by atoms with Gasteiger partial charge in [0.1, 0.15) is 11.4 Å². The summed E-state index contributed by atoms with van der Waals surface area (Å²) in [6.07, 6.45) is 0. The second kappa shape index (κ2) is 7.69. The Hall–Kier alpha value is -4.40. The molecule has 0 aliphatic carbocycles. The Morgan fingerprint density at radius 2 is 1.62 bits per heavy atom. The summed E-state index contributed by atoms with van der Waals surface area (Å²) in [5.74, 6) is -2.29. The number of anilines is 2. The van der Waals surface area contributed by atoms with Gasteiger partial charge in [0.15, 0.2) is 5.69 Å². The summed E-state index contributed by atoms with van der Waals surface area (Å²) in [6, 6.07) is 15.1. The van der Waals surface area contributed by atoms with Gasteiger partial charge < -0.3 is 26.7 Å². The highest BCUT2D eigenvalue weighted by molar-refractivity contribution is 5.96. The number of carboxylic acid groups (broad SMARTS) is 2. The van der Waals surface area contributed by atoms with Crippen molar-refractivity contribution in [3.8, 4) is 0 Å². The number of nitrogens with zero attached hydrogens (tertiary/aromatic N) is 1. The Kier molecular flexibility index (Phi) is 5.13. The number of carbonyl (C=O) groups is 2. The van der Waals surface area contributed by atoms with Crippen molar-refractivity contribution >= 4 is 45.1 Å². The lowest BCUT2D eigenvalue weighted by atomic mass is 10.1. The zero-order valence-electron chi connectivity index (χ0n) is 14.9. The molecule has 0 bridgehead atoms. The number of benzene rings is 2. The van der Waals surface area contributed by atoms with Gasteiger partial charge in [-0.2, -0.15) is 0 Å². The summed E-state index contributed by atoms with van der Waals surface area (Å²) >= 11 is 0.